The molecule has 1 fully saturated rings. The standard InChI is InChI=1S/C13H18BrFN2/c1-17-7-2-3-11(6-8-17)16-13-9-10(14)4-5-12(13)15/h4-5,9,11,16H,2-3,6-8H2,1H3. The second kappa shape index (κ2) is 5.83. The van der Waals surface area contributed by atoms with Crippen molar-refractivity contribution in [2.75, 3.05) is 25.5 Å². The van der Waals surface area contributed by atoms with E-state index >= 15 is 0 Å². The molecular weight excluding hydrogens is 283 g/mol. The van der Waals surface area contributed by atoms with Crippen molar-refractivity contribution in [3.8, 4) is 0 Å². The molecule has 1 N–H and O–H groups in total. The molecule has 1 aliphatic rings. The maximum absolute atomic E-state index is 13.6. The molecule has 1 atom stereocenters. The van der Waals surface area contributed by atoms with Crippen LogP contribution in [0, 0.1) is 5.82 Å². The highest BCUT2D eigenvalue weighted by molar-refractivity contribution is 9.10. The average Bonchev–Trinajstić information content (AvgIpc) is 2.49. The van der Waals surface area contributed by atoms with Crippen LogP contribution < -0.4 is 5.32 Å². The van der Waals surface area contributed by atoms with Crippen molar-refractivity contribution in [3.63, 3.8) is 0 Å². The van der Waals surface area contributed by atoms with Crippen molar-refractivity contribution < 1.29 is 4.39 Å². The van der Waals surface area contributed by atoms with Crippen LogP contribution in [0.5, 0.6) is 0 Å². The first-order chi connectivity index (χ1) is 8.15. The Morgan fingerprint density at radius 3 is 3.00 bits per heavy atom. The average molecular weight is 301 g/mol. The summed E-state index contributed by atoms with van der Waals surface area (Å²) in [4.78, 5) is 2.33. The number of hydrogen-bond acceptors (Lipinski definition) is 2. The summed E-state index contributed by atoms with van der Waals surface area (Å²) in [5.41, 5.74) is 0.605. The molecule has 2 nitrogen and oxygen atoms in total. The van der Waals surface area contributed by atoms with Gasteiger partial charge in [-0.15, -0.1) is 0 Å². The number of likely N-dealkylation sites (tertiary alicyclic amines) is 1. The van der Waals surface area contributed by atoms with Gasteiger partial charge >= 0.3 is 0 Å². The highest BCUT2D eigenvalue weighted by Crippen LogP contribution is 2.23. The fraction of sp³-hybridized carbons (Fsp3) is 0.538. The third kappa shape index (κ3) is 3.68. The second-order valence-electron chi connectivity index (χ2n) is 4.70. The summed E-state index contributed by atoms with van der Waals surface area (Å²) in [6.45, 7) is 2.21. The van der Waals surface area contributed by atoms with Gasteiger partial charge < -0.3 is 10.2 Å². The molecule has 0 aliphatic carbocycles. The van der Waals surface area contributed by atoms with Gasteiger partial charge in [0.15, 0.2) is 0 Å². The third-order valence-electron chi connectivity index (χ3n) is 3.24. The van der Waals surface area contributed by atoms with Crippen molar-refractivity contribution in [1.29, 1.82) is 0 Å². The Morgan fingerprint density at radius 1 is 1.35 bits per heavy atom. The van der Waals surface area contributed by atoms with Gasteiger partial charge in [-0.05, 0) is 57.6 Å². The zero-order valence-electron chi connectivity index (χ0n) is 10.0. The molecule has 0 aromatic heterocycles. The van der Waals surface area contributed by atoms with E-state index in [-0.39, 0.29) is 5.82 Å². The molecule has 4 heteroatoms. The van der Waals surface area contributed by atoms with Crippen molar-refractivity contribution >= 4 is 21.6 Å². The molecule has 1 aromatic rings. The monoisotopic (exact) mass is 300 g/mol. The molecule has 2 rings (SSSR count). The quantitative estimate of drug-likeness (QED) is 0.899. The van der Waals surface area contributed by atoms with Crippen LogP contribution >= 0.6 is 15.9 Å². The molecule has 0 radical (unpaired) electrons. The largest absolute Gasteiger partial charge is 0.380 e. The van der Waals surface area contributed by atoms with E-state index in [0.717, 1.165) is 30.4 Å². The van der Waals surface area contributed by atoms with E-state index in [1.54, 1.807) is 6.07 Å². The van der Waals surface area contributed by atoms with Crippen molar-refractivity contribution in [1.82, 2.24) is 4.90 Å². The number of benzene rings is 1. The number of nitrogens with zero attached hydrogens (tertiary/aromatic N) is 1. The lowest BCUT2D eigenvalue weighted by Gasteiger charge is -2.18. The lowest BCUT2D eigenvalue weighted by Crippen LogP contribution is -2.23. The van der Waals surface area contributed by atoms with Crippen LogP contribution in [0.2, 0.25) is 0 Å². The number of rotatable bonds is 2. The predicted octanol–water partition coefficient (Wildman–Crippen LogP) is 3.48. The summed E-state index contributed by atoms with van der Waals surface area (Å²) < 4.78 is 14.5. The number of nitrogens with one attached hydrogen (secondary N) is 1. The number of hydrogen-bond donors (Lipinski definition) is 1. The first-order valence-corrected chi connectivity index (χ1v) is 6.84. The van der Waals surface area contributed by atoms with Crippen LogP contribution in [-0.2, 0) is 0 Å². The van der Waals surface area contributed by atoms with Crippen LogP contribution in [0.4, 0.5) is 10.1 Å². The molecule has 1 saturated heterocycles. The van der Waals surface area contributed by atoms with Crippen molar-refractivity contribution in [2.24, 2.45) is 0 Å². The summed E-state index contributed by atoms with van der Waals surface area (Å²) in [5.74, 6) is -0.175. The van der Waals surface area contributed by atoms with E-state index in [1.165, 1.54) is 12.5 Å². The summed E-state index contributed by atoms with van der Waals surface area (Å²) in [6, 6.07) is 5.41. The minimum Gasteiger partial charge on any atom is -0.380 e. The molecule has 0 spiro atoms. The number of halogens is 2. The smallest absolute Gasteiger partial charge is 0.146 e. The van der Waals surface area contributed by atoms with Gasteiger partial charge in [-0.25, -0.2) is 4.39 Å². The van der Waals surface area contributed by atoms with Gasteiger partial charge in [-0.3, -0.25) is 0 Å². The molecule has 17 heavy (non-hydrogen) atoms. The molecule has 1 aromatic carbocycles. The highest BCUT2D eigenvalue weighted by atomic mass is 79.9. The van der Waals surface area contributed by atoms with Gasteiger partial charge in [0, 0.05) is 10.5 Å². The lowest BCUT2D eigenvalue weighted by molar-refractivity contribution is 0.348. The Hall–Kier alpha value is -0.610. The van der Waals surface area contributed by atoms with Crippen LogP contribution in [0.1, 0.15) is 19.3 Å². The Labute approximate surface area is 110 Å². The molecule has 1 heterocycles. The Balaban J connectivity index is 2.02. The van der Waals surface area contributed by atoms with Gasteiger partial charge in [0.25, 0.3) is 0 Å². The minimum atomic E-state index is -0.175. The molecule has 94 valence electrons. The Kier molecular flexibility index (Phi) is 4.40. The fourth-order valence-corrected chi connectivity index (χ4v) is 2.57. The zero-order chi connectivity index (χ0) is 12.3. The van der Waals surface area contributed by atoms with Crippen molar-refractivity contribution in [2.45, 2.75) is 25.3 Å². The van der Waals surface area contributed by atoms with Gasteiger partial charge in [-0.1, -0.05) is 15.9 Å². The van der Waals surface area contributed by atoms with Gasteiger partial charge in [0.1, 0.15) is 5.82 Å². The zero-order valence-corrected chi connectivity index (χ0v) is 11.6. The predicted molar refractivity (Wildman–Crippen MR) is 72.9 cm³/mol. The topological polar surface area (TPSA) is 15.3 Å². The molecule has 0 amide bonds. The molecular formula is C13H18BrFN2. The minimum absolute atomic E-state index is 0.175. The van der Waals surface area contributed by atoms with Crippen LogP contribution in [0.15, 0.2) is 22.7 Å². The van der Waals surface area contributed by atoms with Gasteiger partial charge in [-0.2, -0.15) is 0 Å². The summed E-state index contributed by atoms with van der Waals surface area (Å²) in [5, 5.41) is 3.32. The van der Waals surface area contributed by atoms with E-state index in [4.69, 9.17) is 0 Å². The summed E-state index contributed by atoms with van der Waals surface area (Å²) in [6.07, 6.45) is 3.35. The SMILES string of the molecule is CN1CCCC(Nc2cc(Br)ccc2F)CC1. The maximum Gasteiger partial charge on any atom is 0.146 e. The van der Waals surface area contributed by atoms with E-state index in [2.05, 4.69) is 33.2 Å². The van der Waals surface area contributed by atoms with E-state index in [9.17, 15) is 4.39 Å². The Morgan fingerprint density at radius 2 is 2.18 bits per heavy atom. The van der Waals surface area contributed by atoms with Gasteiger partial charge in [0.2, 0.25) is 0 Å². The molecule has 0 bridgehead atoms. The fourth-order valence-electron chi connectivity index (χ4n) is 2.21. The maximum atomic E-state index is 13.6. The normalized spacial score (nSPS) is 22.2. The van der Waals surface area contributed by atoms with Crippen LogP contribution in [0.3, 0.4) is 0 Å². The Bertz CT molecular complexity index is 384. The summed E-state index contributed by atoms with van der Waals surface area (Å²) >= 11 is 3.37. The lowest BCUT2D eigenvalue weighted by atomic mass is 10.1. The third-order valence-corrected chi connectivity index (χ3v) is 3.73. The molecule has 1 unspecified atom stereocenters. The summed E-state index contributed by atoms with van der Waals surface area (Å²) in [7, 11) is 2.14. The van der Waals surface area contributed by atoms with Gasteiger partial charge in [0.05, 0.1) is 5.69 Å². The molecule has 1 aliphatic heterocycles. The van der Waals surface area contributed by atoms with E-state index in [0.29, 0.717) is 11.7 Å². The van der Waals surface area contributed by atoms with E-state index in [1.807, 2.05) is 6.07 Å². The first-order valence-electron chi connectivity index (χ1n) is 6.05. The number of anilines is 1. The van der Waals surface area contributed by atoms with E-state index < -0.39 is 0 Å². The highest BCUT2D eigenvalue weighted by Gasteiger charge is 2.15. The van der Waals surface area contributed by atoms with Crippen LogP contribution in [-0.4, -0.2) is 31.1 Å². The van der Waals surface area contributed by atoms with Crippen molar-refractivity contribution in [3.05, 3.63) is 28.5 Å². The second-order valence-corrected chi connectivity index (χ2v) is 5.62. The van der Waals surface area contributed by atoms with Crippen LogP contribution in [0.25, 0.3) is 0 Å². The molecule has 0 saturated carbocycles. The first kappa shape index (κ1) is 12.8.